The minimum Gasteiger partial charge on any atom is -0.493 e. The average molecular weight is 805 g/mol. The third-order valence-electron chi connectivity index (χ3n) is 10.3. The number of hydrogen-bond acceptors (Lipinski definition) is 10. The standard InChI is InChI=1S/C39H46BrN7O7/c1-45-22-26(20-27(23-45)43-29-21-42-46(2)39(53)34(29)40)24-12-14-25(15-13-24)35(49)41-18-7-5-3-4-6-8-19-54-31-11-9-10-28-33(31)38(52)47(37(28)51)30-16-17-32(48)44-36(30)50/h9-15,21,26-27,30,43H,3-8,16-20,22-23H2,1-2H3,(H,41,49)(H,44,48,50)/t26-,27+,30?/m1/s1. The first kappa shape index (κ1) is 38.8. The summed E-state index contributed by atoms with van der Waals surface area (Å²) in [7, 11) is 3.70. The molecule has 0 bridgehead atoms. The number of carbonyl (C=O) groups is 5. The number of likely N-dealkylation sites (tertiary alicyclic amines) is 1. The Kier molecular flexibility index (Phi) is 12.6. The van der Waals surface area contributed by atoms with Crippen LogP contribution in [-0.4, -0.2) is 94.5 Å². The number of amides is 5. The highest BCUT2D eigenvalue weighted by molar-refractivity contribution is 9.10. The van der Waals surface area contributed by atoms with Gasteiger partial charge in [-0.2, -0.15) is 5.10 Å². The van der Waals surface area contributed by atoms with E-state index in [4.69, 9.17) is 4.74 Å². The highest BCUT2D eigenvalue weighted by atomic mass is 79.9. The number of aromatic nitrogens is 2. The number of hydrogen-bond donors (Lipinski definition) is 3. The summed E-state index contributed by atoms with van der Waals surface area (Å²) >= 11 is 3.40. The maximum atomic E-state index is 13.2. The molecule has 3 N–H and O–H groups in total. The number of likely N-dealkylation sites (N-methyl/N-ethyl adjacent to an activating group) is 1. The van der Waals surface area contributed by atoms with Crippen molar-refractivity contribution in [1.82, 2.24) is 30.2 Å². The molecule has 3 aromatic rings. The second kappa shape index (κ2) is 17.5. The van der Waals surface area contributed by atoms with Crippen LogP contribution in [0.5, 0.6) is 5.75 Å². The lowest BCUT2D eigenvalue weighted by Crippen LogP contribution is -2.54. The zero-order valence-electron chi connectivity index (χ0n) is 30.6. The summed E-state index contributed by atoms with van der Waals surface area (Å²) in [5.74, 6) is -1.69. The predicted molar refractivity (Wildman–Crippen MR) is 205 cm³/mol. The molecule has 14 nitrogen and oxygen atoms in total. The average Bonchev–Trinajstić information content (AvgIpc) is 3.41. The topological polar surface area (TPSA) is 172 Å². The van der Waals surface area contributed by atoms with Crippen molar-refractivity contribution < 1.29 is 28.7 Å². The summed E-state index contributed by atoms with van der Waals surface area (Å²) < 4.78 is 7.69. The first-order valence-corrected chi connectivity index (χ1v) is 19.3. The molecule has 3 aliphatic rings. The van der Waals surface area contributed by atoms with Crippen LogP contribution in [0.1, 0.15) is 100 Å². The molecule has 286 valence electrons. The second-order valence-corrected chi connectivity index (χ2v) is 15.1. The maximum absolute atomic E-state index is 13.2. The number of aryl methyl sites for hydroxylation is 1. The van der Waals surface area contributed by atoms with Crippen LogP contribution in [0.15, 0.2) is 57.9 Å². The third kappa shape index (κ3) is 8.90. The highest BCUT2D eigenvalue weighted by Gasteiger charge is 2.46. The Bertz CT molecular complexity index is 1970. The number of piperidine rings is 2. The highest BCUT2D eigenvalue weighted by Crippen LogP contribution is 2.34. The molecule has 54 heavy (non-hydrogen) atoms. The van der Waals surface area contributed by atoms with Gasteiger partial charge in [0.1, 0.15) is 16.3 Å². The van der Waals surface area contributed by atoms with E-state index < -0.39 is 29.7 Å². The van der Waals surface area contributed by atoms with E-state index in [0.717, 1.165) is 62.9 Å². The Morgan fingerprint density at radius 1 is 0.944 bits per heavy atom. The van der Waals surface area contributed by atoms with Crippen molar-refractivity contribution in [2.75, 3.05) is 38.6 Å². The molecule has 2 saturated heterocycles. The molecule has 2 aromatic carbocycles. The molecule has 4 heterocycles. The van der Waals surface area contributed by atoms with Crippen molar-refractivity contribution in [1.29, 1.82) is 0 Å². The molecular formula is C39H46BrN7O7. The lowest BCUT2D eigenvalue weighted by atomic mass is 9.87. The number of halogens is 1. The van der Waals surface area contributed by atoms with E-state index in [-0.39, 0.29) is 47.4 Å². The minimum absolute atomic E-state index is 0.0654. The van der Waals surface area contributed by atoms with E-state index in [1.807, 2.05) is 24.3 Å². The number of unbranched alkanes of at least 4 members (excludes halogenated alkanes) is 5. The molecule has 0 saturated carbocycles. The molecule has 0 radical (unpaired) electrons. The largest absolute Gasteiger partial charge is 0.493 e. The van der Waals surface area contributed by atoms with Crippen LogP contribution < -0.4 is 26.2 Å². The molecule has 0 spiro atoms. The lowest BCUT2D eigenvalue weighted by Gasteiger charge is -2.37. The van der Waals surface area contributed by atoms with Gasteiger partial charge in [-0.25, -0.2) is 4.68 Å². The van der Waals surface area contributed by atoms with Crippen molar-refractivity contribution in [3.8, 4) is 5.75 Å². The van der Waals surface area contributed by atoms with E-state index in [0.29, 0.717) is 34.6 Å². The molecule has 0 aliphatic carbocycles. The Balaban J connectivity index is 0.865. The van der Waals surface area contributed by atoms with Crippen LogP contribution in [0, 0.1) is 0 Å². The molecule has 2 fully saturated rings. The van der Waals surface area contributed by atoms with Crippen molar-refractivity contribution in [2.45, 2.75) is 75.8 Å². The zero-order chi connectivity index (χ0) is 38.4. The molecular weight excluding hydrogens is 758 g/mol. The van der Waals surface area contributed by atoms with Crippen LogP contribution in [-0.2, 0) is 16.6 Å². The monoisotopic (exact) mass is 803 g/mol. The normalized spacial score (nSPS) is 20.1. The van der Waals surface area contributed by atoms with Crippen molar-refractivity contribution in [3.63, 3.8) is 0 Å². The van der Waals surface area contributed by atoms with Gasteiger partial charge >= 0.3 is 0 Å². The van der Waals surface area contributed by atoms with Crippen LogP contribution >= 0.6 is 15.9 Å². The van der Waals surface area contributed by atoms with E-state index >= 15 is 0 Å². The van der Waals surface area contributed by atoms with Gasteiger partial charge in [-0.1, -0.05) is 43.9 Å². The number of imide groups is 2. The molecule has 5 amide bonds. The van der Waals surface area contributed by atoms with Crippen LogP contribution in [0.2, 0.25) is 0 Å². The molecule has 3 atom stereocenters. The van der Waals surface area contributed by atoms with Gasteiger partial charge in [-0.05, 0) is 84.4 Å². The van der Waals surface area contributed by atoms with Gasteiger partial charge in [0.15, 0.2) is 0 Å². The predicted octanol–water partition coefficient (Wildman–Crippen LogP) is 3.99. The summed E-state index contributed by atoms with van der Waals surface area (Å²) in [6.45, 7) is 2.72. The number of carbonyl (C=O) groups excluding carboxylic acids is 5. The minimum atomic E-state index is -1.02. The quantitative estimate of drug-likeness (QED) is 0.151. The third-order valence-corrected chi connectivity index (χ3v) is 11.0. The van der Waals surface area contributed by atoms with E-state index in [1.54, 1.807) is 31.4 Å². The summed E-state index contributed by atoms with van der Waals surface area (Å²) in [6, 6.07) is 11.8. The van der Waals surface area contributed by atoms with Crippen molar-refractivity contribution >= 4 is 51.2 Å². The van der Waals surface area contributed by atoms with Gasteiger partial charge in [-0.15, -0.1) is 0 Å². The van der Waals surface area contributed by atoms with E-state index in [2.05, 4.69) is 48.9 Å². The van der Waals surface area contributed by atoms with Gasteiger partial charge in [0.25, 0.3) is 23.3 Å². The van der Waals surface area contributed by atoms with Crippen LogP contribution in [0.3, 0.4) is 0 Å². The Labute approximate surface area is 322 Å². The van der Waals surface area contributed by atoms with E-state index in [9.17, 15) is 28.8 Å². The Hall–Kier alpha value is -4.89. The fourth-order valence-electron chi connectivity index (χ4n) is 7.43. The molecule has 6 rings (SSSR count). The SMILES string of the molecule is CN1C[C@@H](Nc2cnn(C)c(=O)c2Br)C[C@@H](c2ccc(C(=O)NCCCCCCCCOc3cccc4c3C(=O)N(C3CCC(=O)NC3=O)C4=O)cc2)C1. The summed E-state index contributed by atoms with van der Waals surface area (Å²) in [4.78, 5) is 78.5. The number of ether oxygens (including phenoxy) is 1. The summed E-state index contributed by atoms with van der Waals surface area (Å²) in [5.41, 5.74) is 2.66. The number of rotatable bonds is 15. The molecule has 15 heteroatoms. The number of nitrogens with one attached hydrogen (secondary N) is 3. The summed E-state index contributed by atoms with van der Waals surface area (Å²) in [6.07, 6.45) is 8.28. The van der Waals surface area contributed by atoms with E-state index in [1.165, 1.54) is 10.2 Å². The second-order valence-electron chi connectivity index (χ2n) is 14.3. The lowest BCUT2D eigenvalue weighted by molar-refractivity contribution is -0.136. The van der Waals surface area contributed by atoms with Crippen LogP contribution in [0.4, 0.5) is 5.69 Å². The van der Waals surface area contributed by atoms with Gasteiger partial charge in [-0.3, -0.25) is 39.0 Å². The summed E-state index contributed by atoms with van der Waals surface area (Å²) in [5, 5.41) is 12.9. The van der Waals surface area contributed by atoms with Gasteiger partial charge in [0.2, 0.25) is 11.8 Å². The Morgan fingerprint density at radius 3 is 2.44 bits per heavy atom. The molecule has 1 aromatic heterocycles. The number of anilines is 1. The van der Waals surface area contributed by atoms with Crippen LogP contribution in [0.25, 0.3) is 0 Å². The molecule has 1 unspecified atom stereocenters. The maximum Gasteiger partial charge on any atom is 0.282 e. The van der Waals surface area contributed by atoms with Crippen molar-refractivity contribution in [2.24, 2.45) is 7.05 Å². The number of nitrogens with zero attached hydrogens (tertiary/aromatic N) is 4. The fourth-order valence-corrected chi connectivity index (χ4v) is 7.90. The zero-order valence-corrected chi connectivity index (χ0v) is 32.2. The molecule has 3 aliphatic heterocycles. The van der Waals surface area contributed by atoms with Gasteiger partial charge in [0.05, 0.1) is 29.6 Å². The van der Waals surface area contributed by atoms with Gasteiger partial charge < -0.3 is 20.3 Å². The smallest absolute Gasteiger partial charge is 0.282 e. The van der Waals surface area contributed by atoms with Crippen molar-refractivity contribution in [3.05, 3.63) is 85.7 Å². The first-order chi connectivity index (χ1) is 26.0. The Morgan fingerprint density at radius 2 is 1.69 bits per heavy atom. The number of benzene rings is 2. The first-order valence-electron chi connectivity index (χ1n) is 18.5. The van der Waals surface area contributed by atoms with Gasteiger partial charge in [0, 0.05) is 44.7 Å². The number of fused-ring (bicyclic) bond motifs is 1. The fraction of sp³-hybridized carbons (Fsp3) is 0.462.